The van der Waals surface area contributed by atoms with Crippen molar-refractivity contribution >= 4 is 45.0 Å². The second-order valence-electron chi connectivity index (χ2n) is 7.57. The smallest absolute Gasteiger partial charge is 0.264 e. The van der Waals surface area contributed by atoms with Gasteiger partial charge in [0.2, 0.25) is 5.91 Å². The molecule has 0 saturated heterocycles. The van der Waals surface area contributed by atoms with E-state index in [2.05, 4.69) is 26.1 Å². The zero-order valence-electron chi connectivity index (χ0n) is 17.1. The Morgan fingerprint density at radius 2 is 1.79 bits per heavy atom. The first-order valence-electron chi connectivity index (χ1n) is 9.25. The average molecular weight is 455 g/mol. The van der Waals surface area contributed by atoms with Gasteiger partial charge in [-0.15, -0.1) is 0 Å². The molecule has 0 aromatic heterocycles. The molecule has 0 atom stereocenters. The zero-order chi connectivity index (χ0) is 21.7. The van der Waals surface area contributed by atoms with Gasteiger partial charge < -0.3 is 5.32 Å². The maximum atomic E-state index is 13.3. The Morgan fingerprint density at radius 1 is 1.14 bits per heavy atom. The molecule has 1 N–H and O–H groups in total. The molecule has 2 aromatic rings. The largest absolute Gasteiger partial charge is 0.354 e. The summed E-state index contributed by atoms with van der Waals surface area (Å²) >= 11 is 7.77. The molecule has 0 bridgehead atoms. The molecule has 8 heteroatoms. The number of thioether (sulfide) groups is 1. The van der Waals surface area contributed by atoms with E-state index in [4.69, 9.17) is 11.6 Å². The summed E-state index contributed by atoms with van der Waals surface area (Å²) in [5.41, 5.74) is 1.10. The van der Waals surface area contributed by atoms with E-state index in [0.29, 0.717) is 22.8 Å². The van der Waals surface area contributed by atoms with Crippen LogP contribution in [-0.4, -0.2) is 37.9 Å². The molecule has 0 heterocycles. The maximum Gasteiger partial charge on any atom is 0.264 e. The minimum absolute atomic E-state index is 0.105. The molecule has 29 heavy (non-hydrogen) atoms. The van der Waals surface area contributed by atoms with Crippen molar-refractivity contribution in [3.05, 3.63) is 59.1 Å². The van der Waals surface area contributed by atoms with Gasteiger partial charge in [0.1, 0.15) is 6.54 Å². The fraction of sp³-hybridized carbons (Fsp3) is 0.381. The number of amides is 1. The van der Waals surface area contributed by atoms with Crippen LogP contribution < -0.4 is 9.62 Å². The van der Waals surface area contributed by atoms with Crippen LogP contribution in [0.3, 0.4) is 0 Å². The van der Waals surface area contributed by atoms with Crippen LogP contribution in [-0.2, 0) is 14.8 Å². The molecule has 2 rings (SSSR count). The van der Waals surface area contributed by atoms with Crippen molar-refractivity contribution in [3.63, 3.8) is 0 Å². The number of hydrogen-bond donors (Lipinski definition) is 1. The number of aryl methyl sites for hydroxylation is 1. The van der Waals surface area contributed by atoms with E-state index in [1.807, 2.05) is 0 Å². The van der Waals surface area contributed by atoms with E-state index in [-0.39, 0.29) is 22.1 Å². The summed E-state index contributed by atoms with van der Waals surface area (Å²) in [4.78, 5) is 12.7. The number of anilines is 1. The van der Waals surface area contributed by atoms with Crippen molar-refractivity contribution in [3.8, 4) is 0 Å². The van der Waals surface area contributed by atoms with Crippen molar-refractivity contribution in [2.75, 3.05) is 23.1 Å². The minimum atomic E-state index is -3.91. The van der Waals surface area contributed by atoms with E-state index >= 15 is 0 Å². The first kappa shape index (κ1) is 23.6. The lowest BCUT2D eigenvalue weighted by Crippen LogP contribution is -2.41. The molecule has 0 spiro atoms. The number of nitrogens with one attached hydrogen (secondary N) is 1. The number of carbonyl (C=O) groups excluding carboxylic acids is 1. The number of carbonyl (C=O) groups is 1. The summed E-state index contributed by atoms with van der Waals surface area (Å²) in [6, 6.07) is 13.0. The number of halogens is 1. The molecule has 1 amide bonds. The summed E-state index contributed by atoms with van der Waals surface area (Å²) in [5.74, 6) is 0.397. The van der Waals surface area contributed by atoms with Crippen molar-refractivity contribution in [2.24, 2.45) is 0 Å². The number of nitrogens with zero attached hydrogens (tertiary/aromatic N) is 1. The number of rotatable bonds is 8. The van der Waals surface area contributed by atoms with Gasteiger partial charge >= 0.3 is 0 Å². The standard InChI is InChI=1S/C21H27ClN2O3S2/c1-16-14-17(22)10-11-19(16)24(29(26,27)18-8-6-5-7-9-18)15-20(25)23-12-13-28-21(2,3)4/h5-11,14H,12-13,15H2,1-4H3,(H,23,25). The molecule has 5 nitrogen and oxygen atoms in total. The molecule has 0 aliphatic rings. The third kappa shape index (κ3) is 6.94. The topological polar surface area (TPSA) is 66.5 Å². The van der Waals surface area contributed by atoms with Gasteiger partial charge in [0.15, 0.2) is 0 Å². The summed E-state index contributed by atoms with van der Waals surface area (Å²) < 4.78 is 27.8. The highest BCUT2D eigenvalue weighted by atomic mass is 35.5. The van der Waals surface area contributed by atoms with E-state index in [0.717, 1.165) is 10.1 Å². The molecular formula is C21H27ClN2O3S2. The van der Waals surface area contributed by atoms with Gasteiger partial charge in [-0.2, -0.15) is 11.8 Å². The monoisotopic (exact) mass is 454 g/mol. The predicted molar refractivity (Wildman–Crippen MR) is 122 cm³/mol. The highest BCUT2D eigenvalue weighted by Crippen LogP contribution is 2.28. The number of sulfonamides is 1. The van der Waals surface area contributed by atoms with Crippen LogP contribution in [0.1, 0.15) is 26.3 Å². The molecule has 0 unspecified atom stereocenters. The quantitative estimate of drug-likeness (QED) is 0.596. The predicted octanol–water partition coefficient (Wildman–Crippen LogP) is 4.49. The minimum Gasteiger partial charge on any atom is -0.354 e. The Kier molecular flexibility index (Phi) is 8.02. The van der Waals surface area contributed by atoms with Crippen LogP contribution in [0.25, 0.3) is 0 Å². The van der Waals surface area contributed by atoms with Crippen LogP contribution in [0, 0.1) is 6.92 Å². The van der Waals surface area contributed by atoms with Crippen LogP contribution in [0.2, 0.25) is 5.02 Å². The third-order valence-corrected chi connectivity index (χ3v) is 7.29. The van der Waals surface area contributed by atoms with E-state index < -0.39 is 10.0 Å². The Balaban J connectivity index is 2.25. The Bertz CT molecular complexity index is 942. The SMILES string of the molecule is Cc1cc(Cl)ccc1N(CC(=O)NCCSC(C)(C)C)S(=O)(=O)c1ccccc1. The third-order valence-electron chi connectivity index (χ3n) is 4.01. The van der Waals surface area contributed by atoms with Gasteiger partial charge in [0.25, 0.3) is 10.0 Å². The summed E-state index contributed by atoms with van der Waals surface area (Å²) in [6.07, 6.45) is 0. The van der Waals surface area contributed by atoms with E-state index in [1.54, 1.807) is 55.1 Å². The lowest BCUT2D eigenvalue weighted by molar-refractivity contribution is -0.119. The second kappa shape index (κ2) is 9.87. The second-order valence-corrected chi connectivity index (χ2v) is 11.8. The van der Waals surface area contributed by atoms with Gasteiger partial charge in [-0.1, -0.05) is 50.6 Å². The van der Waals surface area contributed by atoms with Crippen molar-refractivity contribution in [2.45, 2.75) is 37.3 Å². The fourth-order valence-electron chi connectivity index (χ4n) is 2.65. The average Bonchev–Trinajstić information content (AvgIpc) is 2.64. The molecule has 2 aromatic carbocycles. The molecule has 0 aliphatic heterocycles. The van der Waals surface area contributed by atoms with Crippen molar-refractivity contribution in [1.82, 2.24) is 5.32 Å². The molecule has 158 valence electrons. The maximum absolute atomic E-state index is 13.3. The highest BCUT2D eigenvalue weighted by molar-refractivity contribution is 8.00. The number of hydrogen-bond acceptors (Lipinski definition) is 4. The molecule has 0 aliphatic carbocycles. The van der Waals surface area contributed by atoms with Crippen LogP contribution in [0.5, 0.6) is 0 Å². The fourth-order valence-corrected chi connectivity index (χ4v) is 5.20. The number of benzene rings is 2. The molecule has 0 radical (unpaired) electrons. The van der Waals surface area contributed by atoms with E-state index in [9.17, 15) is 13.2 Å². The van der Waals surface area contributed by atoms with Crippen molar-refractivity contribution in [1.29, 1.82) is 0 Å². The summed E-state index contributed by atoms with van der Waals surface area (Å²) in [5, 5.41) is 3.32. The summed E-state index contributed by atoms with van der Waals surface area (Å²) in [7, 11) is -3.91. The van der Waals surface area contributed by atoms with Crippen LogP contribution in [0.4, 0.5) is 5.69 Å². The Labute approximate surface area is 182 Å². The lowest BCUT2D eigenvalue weighted by atomic mass is 10.2. The first-order chi connectivity index (χ1) is 13.5. The molecule has 0 fully saturated rings. The van der Waals surface area contributed by atoms with E-state index in [1.165, 1.54) is 12.1 Å². The van der Waals surface area contributed by atoms with Gasteiger partial charge in [-0.3, -0.25) is 9.10 Å². The lowest BCUT2D eigenvalue weighted by Gasteiger charge is -2.26. The van der Waals surface area contributed by atoms with Crippen LogP contribution in [0.15, 0.2) is 53.4 Å². The molecule has 0 saturated carbocycles. The van der Waals surface area contributed by atoms with Gasteiger partial charge in [-0.25, -0.2) is 8.42 Å². The van der Waals surface area contributed by atoms with Gasteiger partial charge in [0, 0.05) is 22.1 Å². The van der Waals surface area contributed by atoms with Crippen molar-refractivity contribution < 1.29 is 13.2 Å². The van der Waals surface area contributed by atoms with Crippen LogP contribution >= 0.6 is 23.4 Å². The Hall–Kier alpha value is -1.70. The summed E-state index contributed by atoms with van der Waals surface area (Å²) in [6.45, 7) is 8.26. The molecular weight excluding hydrogens is 428 g/mol. The highest BCUT2D eigenvalue weighted by Gasteiger charge is 2.28. The Morgan fingerprint density at radius 3 is 2.38 bits per heavy atom. The zero-order valence-corrected chi connectivity index (χ0v) is 19.5. The van der Waals surface area contributed by atoms with Gasteiger partial charge in [-0.05, 0) is 42.8 Å². The first-order valence-corrected chi connectivity index (χ1v) is 12.1. The normalized spacial score (nSPS) is 11.9. The van der Waals surface area contributed by atoms with Gasteiger partial charge in [0.05, 0.1) is 10.6 Å².